The van der Waals surface area contributed by atoms with Gasteiger partial charge in [0, 0.05) is 22.3 Å². The molecule has 0 aliphatic heterocycles. The molecule has 18 heavy (non-hydrogen) atoms. The zero-order chi connectivity index (χ0) is 13.3. The fourth-order valence-electron chi connectivity index (χ4n) is 1.59. The van der Waals surface area contributed by atoms with Crippen molar-refractivity contribution in [3.8, 4) is 11.4 Å². The molecular formula is C12H11BrN2O3. The number of ether oxygens (including phenoxy) is 1. The number of hydrogen-bond donors (Lipinski definition) is 1. The van der Waals surface area contributed by atoms with E-state index in [2.05, 4.69) is 21.0 Å². The third-order valence-corrected chi connectivity index (χ3v) is 3.17. The number of methoxy groups -OCH3 is 1. The lowest BCUT2D eigenvalue weighted by atomic mass is 10.3. The number of aromatic nitrogens is 2. The first kappa shape index (κ1) is 12.6. The zero-order valence-corrected chi connectivity index (χ0v) is 11.4. The van der Waals surface area contributed by atoms with E-state index in [1.807, 2.05) is 12.1 Å². The number of benzene rings is 1. The molecule has 0 unspecified atom stereocenters. The summed E-state index contributed by atoms with van der Waals surface area (Å²) in [4.78, 5) is 11.0. The van der Waals surface area contributed by atoms with Crippen LogP contribution in [0.2, 0.25) is 0 Å². The van der Waals surface area contributed by atoms with Gasteiger partial charge in [0.25, 0.3) is 0 Å². The average Bonchev–Trinajstić information content (AvgIpc) is 2.72. The van der Waals surface area contributed by atoms with Crippen LogP contribution in [0.25, 0.3) is 5.69 Å². The summed E-state index contributed by atoms with van der Waals surface area (Å²) in [5.41, 5.74) is 1.38. The van der Waals surface area contributed by atoms with E-state index in [0.717, 1.165) is 10.2 Å². The first-order chi connectivity index (χ1) is 8.52. The largest absolute Gasteiger partial charge is 0.497 e. The van der Waals surface area contributed by atoms with Gasteiger partial charge in [-0.05, 0) is 35.0 Å². The van der Waals surface area contributed by atoms with Crippen LogP contribution in [0.4, 0.5) is 0 Å². The Hall–Kier alpha value is -1.82. The Morgan fingerprint density at radius 3 is 2.78 bits per heavy atom. The highest BCUT2D eigenvalue weighted by Gasteiger charge is 2.14. The van der Waals surface area contributed by atoms with Crippen LogP contribution in [0, 0.1) is 6.92 Å². The molecule has 1 heterocycles. The van der Waals surface area contributed by atoms with Crippen molar-refractivity contribution >= 4 is 21.9 Å². The molecule has 0 amide bonds. The van der Waals surface area contributed by atoms with Gasteiger partial charge in [0.2, 0.25) is 0 Å². The molecule has 0 saturated carbocycles. The maximum absolute atomic E-state index is 11.0. The number of aryl methyl sites for hydroxylation is 1. The van der Waals surface area contributed by atoms with E-state index in [1.54, 1.807) is 26.3 Å². The lowest BCUT2D eigenvalue weighted by Gasteiger charge is -2.06. The van der Waals surface area contributed by atoms with Crippen LogP contribution in [0.3, 0.4) is 0 Å². The Morgan fingerprint density at radius 1 is 1.50 bits per heavy atom. The van der Waals surface area contributed by atoms with Crippen LogP contribution in [-0.2, 0) is 0 Å². The van der Waals surface area contributed by atoms with Gasteiger partial charge in [0.1, 0.15) is 5.75 Å². The third-order valence-electron chi connectivity index (χ3n) is 2.50. The van der Waals surface area contributed by atoms with E-state index in [9.17, 15) is 4.79 Å². The normalized spacial score (nSPS) is 10.4. The first-order valence-electron chi connectivity index (χ1n) is 5.16. The van der Waals surface area contributed by atoms with Crippen LogP contribution in [0.15, 0.2) is 28.9 Å². The highest BCUT2D eigenvalue weighted by atomic mass is 79.9. The summed E-state index contributed by atoms with van der Waals surface area (Å²) in [7, 11) is 1.57. The number of nitrogens with zero attached hydrogens (tertiary/aromatic N) is 2. The average molecular weight is 311 g/mol. The molecule has 0 aliphatic carbocycles. The number of hydrogen-bond acceptors (Lipinski definition) is 3. The van der Waals surface area contributed by atoms with Crippen LogP contribution >= 0.6 is 15.9 Å². The molecule has 1 aromatic heterocycles. The Kier molecular flexibility index (Phi) is 3.38. The van der Waals surface area contributed by atoms with Crippen molar-refractivity contribution in [3.05, 3.63) is 40.1 Å². The molecule has 5 nitrogen and oxygen atoms in total. The van der Waals surface area contributed by atoms with Crippen molar-refractivity contribution in [2.45, 2.75) is 6.92 Å². The lowest BCUT2D eigenvalue weighted by molar-refractivity contribution is 0.0689. The molecule has 0 bridgehead atoms. The minimum Gasteiger partial charge on any atom is -0.497 e. The van der Waals surface area contributed by atoms with Gasteiger partial charge >= 0.3 is 5.97 Å². The first-order valence-corrected chi connectivity index (χ1v) is 5.95. The summed E-state index contributed by atoms with van der Waals surface area (Å²) >= 11 is 3.40. The molecule has 2 rings (SSSR count). The monoisotopic (exact) mass is 310 g/mol. The zero-order valence-electron chi connectivity index (χ0n) is 9.85. The van der Waals surface area contributed by atoms with E-state index in [1.165, 1.54) is 4.68 Å². The Balaban J connectivity index is 2.54. The SMILES string of the molecule is COc1ccc(Br)c(-n2cc(C)c(C(=O)O)n2)c1. The molecule has 94 valence electrons. The van der Waals surface area contributed by atoms with E-state index in [-0.39, 0.29) is 5.69 Å². The maximum Gasteiger partial charge on any atom is 0.356 e. The van der Waals surface area contributed by atoms with Gasteiger partial charge in [-0.2, -0.15) is 5.10 Å². The standard InChI is InChI=1S/C12H11BrN2O3/c1-7-6-15(14-11(7)12(16)17)10-5-8(18-2)3-4-9(10)13/h3-6H,1-2H3,(H,16,17). The molecule has 2 aromatic rings. The second-order valence-corrected chi connectivity index (χ2v) is 4.58. The molecule has 0 saturated heterocycles. The molecular weight excluding hydrogens is 300 g/mol. The van der Waals surface area contributed by atoms with Crippen LogP contribution in [-0.4, -0.2) is 28.0 Å². The number of aromatic carboxylic acids is 1. The van der Waals surface area contributed by atoms with E-state index >= 15 is 0 Å². The number of carboxylic acids is 1. The number of halogens is 1. The number of carbonyl (C=O) groups is 1. The fourth-order valence-corrected chi connectivity index (χ4v) is 2.02. The van der Waals surface area contributed by atoms with Crippen molar-refractivity contribution in [3.63, 3.8) is 0 Å². The molecule has 0 fully saturated rings. The smallest absolute Gasteiger partial charge is 0.356 e. The molecule has 0 spiro atoms. The Morgan fingerprint density at radius 2 is 2.22 bits per heavy atom. The molecule has 0 atom stereocenters. The molecule has 0 radical (unpaired) electrons. The highest BCUT2D eigenvalue weighted by Crippen LogP contribution is 2.26. The van der Waals surface area contributed by atoms with Crippen molar-refractivity contribution in [1.29, 1.82) is 0 Å². The number of carboxylic acid groups (broad SMARTS) is 1. The maximum atomic E-state index is 11.0. The predicted molar refractivity (Wildman–Crippen MR) is 69.5 cm³/mol. The summed E-state index contributed by atoms with van der Waals surface area (Å²) < 4.78 is 7.46. The summed E-state index contributed by atoms with van der Waals surface area (Å²) in [6, 6.07) is 5.41. The molecule has 0 aliphatic rings. The van der Waals surface area contributed by atoms with E-state index in [4.69, 9.17) is 9.84 Å². The predicted octanol–water partition coefficient (Wildman–Crippen LogP) is 2.65. The third kappa shape index (κ3) is 2.24. The minimum atomic E-state index is -1.04. The summed E-state index contributed by atoms with van der Waals surface area (Å²) in [5.74, 6) is -0.358. The molecule has 1 aromatic carbocycles. The highest BCUT2D eigenvalue weighted by molar-refractivity contribution is 9.10. The van der Waals surface area contributed by atoms with Crippen molar-refractivity contribution in [2.75, 3.05) is 7.11 Å². The van der Waals surface area contributed by atoms with Crippen molar-refractivity contribution in [1.82, 2.24) is 9.78 Å². The van der Waals surface area contributed by atoms with Gasteiger partial charge in [-0.3, -0.25) is 0 Å². The topological polar surface area (TPSA) is 64.3 Å². The fraction of sp³-hybridized carbons (Fsp3) is 0.167. The van der Waals surface area contributed by atoms with Crippen LogP contribution in [0.5, 0.6) is 5.75 Å². The second-order valence-electron chi connectivity index (χ2n) is 3.73. The van der Waals surface area contributed by atoms with Gasteiger partial charge in [0.05, 0.1) is 12.8 Å². The number of rotatable bonds is 3. The van der Waals surface area contributed by atoms with Gasteiger partial charge in [-0.1, -0.05) is 0 Å². The van der Waals surface area contributed by atoms with E-state index in [0.29, 0.717) is 11.3 Å². The van der Waals surface area contributed by atoms with Gasteiger partial charge in [-0.25, -0.2) is 9.48 Å². The van der Waals surface area contributed by atoms with Gasteiger partial charge in [0.15, 0.2) is 5.69 Å². The quantitative estimate of drug-likeness (QED) is 0.946. The summed E-state index contributed by atoms with van der Waals surface area (Å²) in [6.45, 7) is 1.71. The summed E-state index contributed by atoms with van der Waals surface area (Å²) in [5, 5.41) is 13.0. The lowest BCUT2D eigenvalue weighted by Crippen LogP contribution is -2.02. The van der Waals surface area contributed by atoms with E-state index < -0.39 is 5.97 Å². The van der Waals surface area contributed by atoms with Crippen LogP contribution < -0.4 is 4.74 Å². The Labute approximate surface area is 112 Å². The minimum absolute atomic E-state index is 0.0460. The second kappa shape index (κ2) is 4.81. The summed E-state index contributed by atoms with van der Waals surface area (Å²) in [6.07, 6.45) is 1.67. The van der Waals surface area contributed by atoms with Gasteiger partial charge in [-0.15, -0.1) is 0 Å². The van der Waals surface area contributed by atoms with Crippen LogP contribution in [0.1, 0.15) is 16.1 Å². The van der Waals surface area contributed by atoms with Crippen molar-refractivity contribution in [2.24, 2.45) is 0 Å². The molecule has 6 heteroatoms. The van der Waals surface area contributed by atoms with Gasteiger partial charge < -0.3 is 9.84 Å². The Bertz CT molecular complexity index is 607. The molecule has 1 N–H and O–H groups in total. The van der Waals surface area contributed by atoms with Crippen molar-refractivity contribution < 1.29 is 14.6 Å².